The van der Waals surface area contributed by atoms with Crippen LogP contribution in [0, 0.1) is 0 Å². The predicted molar refractivity (Wildman–Crippen MR) is 132 cm³/mol. The Hall–Kier alpha value is -2.36. The minimum Gasteiger partial charge on any atom is -0.488 e. The average molecular weight is 522 g/mol. The summed E-state index contributed by atoms with van der Waals surface area (Å²) >= 11 is 0. The van der Waals surface area contributed by atoms with Gasteiger partial charge in [-0.3, -0.25) is 4.40 Å². The van der Waals surface area contributed by atoms with Gasteiger partial charge in [0.2, 0.25) is 0 Å². The van der Waals surface area contributed by atoms with E-state index in [-0.39, 0.29) is 29.6 Å². The van der Waals surface area contributed by atoms with Crippen LogP contribution in [0.1, 0.15) is 39.1 Å². The van der Waals surface area contributed by atoms with Crippen molar-refractivity contribution in [2.75, 3.05) is 13.1 Å². The number of hydrogen-bond donors (Lipinski definition) is 2. The molecular weight excluding hydrogens is 491 g/mol. The molecule has 0 radical (unpaired) electrons. The lowest BCUT2D eigenvalue weighted by Crippen LogP contribution is -2.38. The van der Waals surface area contributed by atoms with Crippen LogP contribution < -0.4 is 15.4 Å². The summed E-state index contributed by atoms with van der Waals surface area (Å²) in [5.74, 6) is 2.56. The first-order valence-electron chi connectivity index (χ1n) is 10.0. The molecule has 0 aliphatic heterocycles. The lowest BCUT2D eigenvalue weighted by Gasteiger charge is -2.23. The third-order valence-corrected chi connectivity index (χ3v) is 4.17. The number of guanidine groups is 1. The van der Waals surface area contributed by atoms with Gasteiger partial charge in [-0.1, -0.05) is 24.3 Å². The molecule has 0 aliphatic rings. The van der Waals surface area contributed by atoms with Crippen LogP contribution in [0.15, 0.2) is 53.7 Å². The van der Waals surface area contributed by atoms with Gasteiger partial charge in [-0.05, 0) is 45.9 Å². The molecule has 0 unspecified atom stereocenters. The highest BCUT2D eigenvalue weighted by Crippen LogP contribution is 2.23. The van der Waals surface area contributed by atoms with Crippen LogP contribution >= 0.6 is 24.0 Å². The Morgan fingerprint density at radius 2 is 1.83 bits per heavy atom. The lowest BCUT2D eigenvalue weighted by molar-refractivity contribution is 0.129. The van der Waals surface area contributed by atoms with Crippen molar-refractivity contribution < 1.29 is 4.74 Å². The van der Waals surface area contributed by atoms with Gasteiger partial charge in [0.05, 0.1) is 6.54 Å². The number of hydrogen-bond acceptors (Lipinski definition) is 4. The summed E-state index contributed by atoms with van der Waals surface area (Å²) in [5, 5.41) is 15.1. The maximum Gasteiger partial charge on any atom is 0.191 e. The number of aromatic nitrogens is 3. The van der Waals surface area contributed by atoms with E-state index >= 15 is 0 Å². The summed E-state index contributed by atoms with van der Waals surface area (Å²) in [5.41, 5.74) is 1.67. The normalized spacial score (nSPS) is 11.8. The number of ether oxygens (including phenoxy) is 1. The van der Waals surface area contributed by atoms with Crippen molar-refractivity contribution in [3.8, 4) is 5.75 Å². The smallest absolute Gasteiger partial charge is 0.191 e. The van der Waals surface area contributed by atoms with Gasteiger partial charge in [-0.15, -0.1) is 34.2 Å². The van der Waals surface area contributed by atoms with Crippen LogP contribution in [-0.4, -0.2) is 39.2 Å². The molecule has 2 aromatic heterocycles. The third-order valence-electron chi connectivity index (χ3n) is 4.17. The van der Waals surface area contributed by atoms with E-state index in [9.17, 15) is 0 Å². The highest BCUT2D eigenvalue weighted by Gasteiger charge is 2.14. The molecule has 2 heterocycles. The molecule has 0 fully saturated rings. The molecule has 3 aromatic rings. The molecule has 2 N–H and O–H groups in total. The van der Waals surface area contributed by atoms with Crippen molar-refractivity contribution in [3.05, 3.63) is 60.0 Å². The van der Waals surface area contributed by atoms with Gasteiger partial charge in [-0.25, -0.2) is 4.99 Å². The molecule has 1 aromatic carbocycles. The second-order valence-corrected chi connectivity index (χ2v) is 7.74. The predicted octanol–water partition coefficient (Wildman–Crippen LogP) is 3.82. The third kappa shape index (κ3) is 6.86. The zero-order valence-corrected chi connectivity index (χ0v) is 20.4. The van der Waals surface area contributed by atoms with E-state index in [1.54, 1.807) is 0 Å². The fourth-order valence-corrected chi connectivity index (χ4v) is 2.92. The lowest BCUT2D eigenvalue weighted by atomic mass is 10.1. The first kappa shape index (κ1) is 23.9. The number of fused-ring (bicyclic) bond motifs is 1. The number of rotatable bonds is 7. The summed E-state index contributed by atoms with van der Waals surface area (Å²) in [6.07, 6.45) is 2.73. The summed E-state index contributed by atoms with van der Waals surface area (Å²) < 4.78 is 8.07. The monoisotopic (exact) mass is 522 g/mol. The molecule has 7 nitrogen and oxygen atoms in total. The van der Waals surface area contributed by atoms with Crippen LogP contribution in [0.5, 0.6) is 5.75 Å². The summed E-state index contributed by atoms with van der Waals surface area (Å²) in [6, 6.07) is 13.9. The fraction of sp³-hybridized carbons (Fsp3) is 0.409. The number of nitrogens with zero attached hydrogens (tertiary/aromatic N) is 4. The quantitative estimate of drug-likeness (QED) is 0.281. The van der Waals surface area contributed by atoms with Crippen LogP contribution in [-0.2, 0) is 13.0 Å². The number of pyridine rings is 1. The number of aliphatic imine (C=N–C) groups is 1. The molecular formula is C22H31IN6O. The van der Waals surface area contributed by atoms with Crippen molar-refractivity contribution >= 4 is 35.6 Å². The van der Waals surface area contributed by atoms with Crippen molar-refractivity contribution in [3.63, 3.8) is 0 Å². The van der Waals surface area contributed by atoms with Gasteiger partial charge >= 0.3 is 0 Å². The van der Waals surface area contributed by atoms with Crippen molar-refractivity contribution in [2.24, 2.45) is 4.99 Å². The molecule has 0 bridgehead atoms. The highest BCUT2D eigenvalue weighted by molar-refractivity contribution is 14.0. The molecule has 0 atom stereocenters. The first-order chi connectivity index (χ1) is 14.0. The van der Waals surface area contributed by atoms with E-state index in [4.69, 9.17) is 9.73 Å². The topological polar surface area (TPSA) is 75.8 Å². The molecule has 0 saturated carbocycles. The standard InChI is InChI=1S/C22H30N6O.HI/c1-5-23-21(24-14-13-20-27-26-19-12-8-9-15-28(19)20)25-16-17-10-6-7-11-18(17)29-22(2,3)4;/h6-12,15H,5,13-14,16H2,1-4H3,(H2,23,24,25);1H. The number of nitrogens with one attached hydrogen (secondary N) is 2. The Morgan fingerprint density at radius 3 is 2.60 bits per heavy atom. The van der Waals surface area contributed by atoms with Gasteiger partial charge < -0.3 is 15.4 Å². The Morgan fingerprint density at radius 1 is 1.07 bits per heavy atom. The van der Waals surface area contributed by atoms with Crippen LogP contribution in [0.4, 0.5) is 0 Å². The van der Waals surface area contributed by atoms with E-state index < -0.39 is 0 Å². The highest BCUT2D eigenvalue weighted by atomic mass is 127. The van der Waals surface area contributed by atoms with Gasteiger partial charge in [0, 0.05) is 31.3 Å². The van der Waals surface area contributed by atoms with Crippen LogP contribution in [0.3, 0.4) is 0 Å². The Labute approximate surface area is 195 Å². The molecule has 30 heavy (non-hydrogen) atoms. The summed E-state index contributed by atoms with van der Waals surface area (Å²) in [4.78, 5) is 4.73. The molecule has 0 amide bonds. The van der Waals surface area contributed by atoms with Crippen LogP contribution in [0.25, 0.3) is 5.65 Å². The van der Waals surface area contributed by atoms with Crippen molar-refractivity contribution in [1.82, 2.24) is 25.2 Å². The zero-order chi connectivity index (χ0) is 20.7. The summed E-state index contributed by atoms with van der Waals surface area (Å²) in [7, 11) is 0. The molecule has 3 rings (SSSR count). The van der Waals surface area contributed by atoms with E-state index in [1.165, 1.54) is 0 Å². The fourth-order valence-electron chi connectivity index (χ4n) is 2.92. The van der Waals surface area contributed by atoms with Crippen molar-refractivity contribution in [1.29, 1.82) is 0 Å². The Bertz CT molecular complexity index is 963. The maximum absolute atomic E-state index is 6.07. The minimum atomic E-state index is -0.246. The van der Waals surface area contributed by atoms with Gasteiger partial charge in [0.25, 0.3) is 0 Å². The van der Waals surface area contributed by atoms with Crippen LogP contribution in [0.2, 0.25) is 0 Å². The number of halogens is 1. The SMILES string of the molecule is CCNC(=NCc1ccccc1OC(C)(C)C)NCCc1nnc2ccccn12.I. The molecule has 0 saturated heterocycles. The largest absolute Gasteiger partial charge is 0.488 e. The van der Waals surface area contributed by atoms with Gasteiger partial charge in [-0.2, -0.15) is 0 Å². The van der Waals surface area contributed by atoms with Crippen molar-refractivity contribution in [2.45, 2.75) is 46.3 Å². The van der Waals surface area contributed by atoms with E-state index in [0.717, 1.165) is 41.7 Å². The molecule has 162 valence electrons. The Balaban J connectivity index is 0.00000320. The second-order valence-electron chi connectivity index (χ2n) is 7.74. The second kappa shape index (κ2) is 11.1. The zero-order valence-electron chi connectivity index (χ0n) is 18.1. The van der Waals surface area contributed by atoms with E-state index in [0.29, 0.717) is 13.1 Å². The Kier molecular flexibility index (Phi) is 8.88. The maximum atomic E-state index is 6.07. The first-order valence-corrected chi connectivity index (χ1v) is 10.0. The summed E-state index contributed by atoms with van der Waals surface area (Å²) in [6.45, 7) is 10.2. The number of para-hydroxylation sites is 1. The van der Waals surface area contributed by atoms with Gasteiger partial charge in [0.1, 0.15) is 17.2 Å². The van der Waals surface area contributed by atoms with Gasteiger partial charge in [0.15, 0.2) is 11.6 Å². The van der Waals surface area contributed by atoms with E-state index in [1.807, 2.05) is 67.8 Å². The number of benzene rings is 1. The minimum absolute atomic E-state index is 0. The van der Waals surface area contributed by atoms with E-state index in [2.05, 4.69) is 33.8 Å². The molecule has 8 heteroatoms. The molecule has 0 spiro atoms. The average Bonchev–Trinajstić information content (AvgIpc) is 3.09. The molecule has 0 aliphatic carbocycles.